The number of nitro groups is 1. The van der Waals surface area contributed by atoms with Crippen molar-refractivity contribution in [3.05, 3.63) is 33.9 Å². The van der Waals surface area contributed by atoms with Gasteiger partial charge in [-0.3, -0.25) is 14.9 Å². The molecule has 0 aliphatic rings. The molecule has 0 aromatic heterocycles. The van der Waals surface area contributed by atoms with Gasteiger partial charge in [-0.2, -0.15) is 0 Å². The van der Waals surface area contributed by atoms with E-state index in [1.54, 1.807) is 4.90 Å². The van der Waals surface area contributed by atoms with Crippen LogP contribution in [0.2, 0.25) is 0 Å². The van der Waals surface area contributed by atoms with Gasteiger partial charge in [-0.15, -0.1) is 0 Å². The number of nitro benzene ring substituents is 1. The minimum atomic E-state index is -0.556. The van der Waals surface area contributed by atoms with Gasteiger partial charge < -0.3 is 9.64 Å². The maximum absolute atomic E-state index is 12.4. The Labute approximate surface area is 126 Å². The van der Waals surface area contributed by atoms with Crippen LogP contribution >= 0.6 is 15.9 Å². The SMILES string of the molecule is COc1ccc(C(=O)N(CCBr)C(C)C)cc1[N+](=O)[O-]. The number of hydrogen-bond donors (Lipinski definition) is 0. The molecular formula is C13H17BrN2O4. The molecule has 0 heterocycles. The first-order valence-corrected chi connectivity index (χ1v) is 7.23. The molecule has 0 radical (unpaired) electrons. The first-order chi connectivity index (χ1) is 9.42. The van der Waals surface area contributed by atoms with Gasteiger partial charge in [-0.25, -0.2) is 0 Å². The van der Waals surface area contributed by atoms with Crippen LogP contribution < -0.4 is 4.74 Å². The molecule has 1 rings (SSSR count). The van der Waals surface area contributed by atoms with Crippen LogP contribution in [-0.4, -0.2) is 40.8 Å². The second-order valence-electron chi connectivity index (χ2n) is 4.43. The third-order valence-electron chi connectivity index (χ3n) is 2.83. The number of amides is 1. The van der Waals surface area contributed by atoms with Crippen LogP contribution in [-0.2, 0) is 0 Å². The molecule has 0 saturated heterocycles. The standard InChI is InChI=1S/C13H17BrN2O4/c1-9(2)15(7-6-14)13(17)10-4-5-12(20-3)11(8-10)16(18)19/h4-5,8-9H,6-7H2,1-3H3. The predicted molar refractivity (Wildman–Crippen MR) is 79.6 cm³/mol. The van der Waals surface area contributed by atoms with Gasteiger partial charge in [-0.05, 0) is 26.0 Å². The van der Waals surface area contributed by atoms with Gasteiger partial charge in [0.05, 0.1) is 12.0 Å². The molecule has 1 aromatic rings. The number of halogens is 1. The highest BCUT2D eigenvalue weighted by Gasteiger charge is 2.22. The van der Waals surface area contributed by atoms with E-state index in [1.807, 2.05) is 13.8 Å². The molecule has 7 heteroatoms. The lowest BCUT2D eigenvalue weighted by molar-refractivity contribution is -0.385. The molecule has 6 nitrogen and oxygen atoms in total. The average molecular weight is 345 g/mol. The lowest BCUT2D eigenvalue weighted by Crippen LogP contribution is -2.38. The largest absolute Gasteiger partial charge is 0.490 e. The third kappa shape index (κ3) is 3.69. The van der Waals surface area contributed by atoms with E-state index in [0.717, 1.165) is 0 Å². The predicted octanol–water partition coefficient (Wildman–Crippen LogP) is 2.85. The van der Waals surface area contributed by atoms with E-state index in [0.29, 0.717) is 11.9 Å². The third-order valence-corrected chi connectivity index (χ3v) is 3.19. The molecule has 20 heavy (non-hydrogen) atoms. The Morgan fingerprint density at radius 2 is 2.15 bits per heavy atom. The molecule has 0 spiro atoms. The summed E-state index contributed by atoms with van der Waals surface area (Å²) in [6.45, 7) is 4.34. The number of alkyl halides is 1. The van der Waals surface area contributed by atoms with E-state index in [-0.39, 0.29) is 28.9 Å². The second-order valence-corrected chi connectivity index (χ2v) is 5.22. The molecule has 0 N–H and O–H groups in total. The van der Waals surface area contributed by atoms with E-state index in [9.17, 15) is 14.9 Å². The Hall–Kier alpha value is -1.63. The van der Waals surface area contributed by atoms with Crippen LogP contribution in [0, 0.1) is 10.1 Å². The van der Waals surface area contributed by atoms with E-state index in [4.69, 9.17) is 4.74 Å². The number of ether oxygens (including phenoxy) is 1. The van der Waals surface area contributed by atoms with Gasteiger partial charge in [0, 0.05) is 29.5 Å². The van der Waals surface area contributed by atoms with Crippen molar-refractivity contribution in [1.82, 2.24) is 4.90 Å². The lowest BCUT2D eigenvalue weighted by atomic mass is 10.1. The molecule has 0 aliphatic carbocycles. The van der Waals surface area contributed by atoms with Crippen molar-refractivity contribution < 1.29 is 14.5 Å². The zero-order chi connectivity index (χ0) is 15.3. The number of methoxy groups -OCH3 is 1. The molecule has 0 bridgehead atoms. The average Bonchev–Trinajstić information content (AvgIpc) is 2.42. The number of nitrogens with zero attached hydrogens (tertiary/aromatic N) is 2. The Kier molecular flexibility index (Phi) is 5.94. The molecule has 0 unspecified atom stereocenters. The summed E-state index contributed by atoms with van der Waals surface area (Å²) < 4.78 is 4.92. The summed E-state index contributed by atoms with van der Waals surface area (Å²) in [6, 6.07) is 4.25. The van der Waals surface area contributed by atoms with Crippen LogP contribution in [0.15, 0.2) is 18.2 Å². The van der Waals surface area contributed by atoms with Crippen LogP contribution in [0.4, 0.5) is 5.69 Å². The summed E-state index contributed by atoms with van der Waals surface area (Å²) in [5.41, 5.74) is 0.0769. The Morgan fingerprint density at radius 1 is 1.50 bits per heavy atom. The maximum atomic E-state index is 12.4. The number of carbonyl (C=O) groups excluding carboxylic acids is 1. The van der Waals surface area contributed by atoms with Crippen molar-refractivity contribution in [3.63, 3.8) is 0 Å². The summed E-state index contributed by atoms with van der Waals surface area (Å²) in [7, 11) is 1.36. The molecular weight excluding hydrogens is 328 g/mol. The number of carbonyl (C=O) groups is 1. The van der Waals surface area contributed by atoms with Crippen molar-refractivity contribution in [2.45, 2.75) is 19.9 Å². The van der Waals surface area contributed by atoms with Gasteiger partial charge in [-0.1, -0.05) is 15.9 Å². The first-order valence-electron chi connectivity index (χ1n) is 6.11. The number of benzene rings is 1. The monoisotopic (exact) mass is 344 g/mol. The molecule has 0 fully saturated rings. The highest BCUT2D eigenvalue weighted by atomic mass is 79.9. The Balaban J connectivity index is 3.15. The minimum Gasteiger partial charge on any atom is -0.490 e. The van der Waals surface area contributed by atoms with Crippen molar-refractivity contribution >= 4 is 27.5 Å². The fourth-order valence-electron chi connectivity index (χ4n) is 1.82. The molecule has 0 saturated carbocycles. The first kappa shape index (κ1) is 16.4. The summed E-state index contributed by atoms with van der Waals surface area (Å²) in [5.74, 6) is -0.0895. The quantitative estimate of drug-likeness (QED) is 0.451. The lowest BCUT2D eigenvalue weighted by Gasteiger charge is -2.26. The van der Waals surface area contributed by atoms with Gasteiger partial charge >= 0.3 is 5.69 Å². The fraction of sp³-hybridized carbons (Fsp3) is 0.462. The normalized spacial score (nSPS) is 10.4. The molecule has 0 aliphatic heterocycles. The van der Waals surface area contributed by atoms with Crippen molar-refractivity contribution in [3.8, 4) is 5.75 Å². The van der Waals surface area contributed by atoms with E-state index < -0.39 is 4.92 Å². The molecule has 1 aromatic carbocycles. The summed E-state index contributed by atoms with van der Waals surface area (Å²) in [4.78, 5) is 24.5. The zero-order valence-corrected chi connectivity index (χ0v) is 13.2. The number of hydrogen-bond acceptors (Lipinski definition) is 4. The zero-order valence-electron chi connectivity index (χ0n) is 11.6. The van der Waals surface area contributed by atoms with Gasteiger partial charge in [0.2, 0.25) is 0 Å². The Morgan fingerprint density at radius 3 is 2.60 bits per heavy atom. The number of rotatable bonds is 6. The highest BCUT2D eigenvalue weighted by molar-refractivity contribution is 9.09. The van der Waals surface area contributed by atoms with Crippen molar-refractivity contribution in [2.24, 2.45) is 0 Å². The second kappa shape index (κ2) is 7.23. The molecule has 110 valence electrons. The van der Waals surface area contributed by atoms with Crippen molar-refractivity contribution in [2.75, 3.05) is 19.0 Å². The van der Waals surface area contributed by atoms with Crippen LogP contribution in [0.1, 0.15) is 24.2 Å². The summed E-state index contributed by atoms with van der Waals surface area (Å²) >= 11 is 3.30. The Bertz CT molecular complexity index is 505. The minimum absolute atomic E-state index is 0.0150. The van der Waals surface area contributed by atoms with Gasteiger partial charge in [0.25, 0.3) is 5.91 Å². The van der Waals surface area contributed by atoms with E-state index >= 15 is 0 Å². The van der Waals surface area contributed by atoms with E-state index in [2.05, 4.69) is 15.9 Å². The van der Waals surface area contributed by atoms with E-state index in [1.165, 1.54) is 25.3 Å². The molecule has 1 amide bonds. The topological polar surface area (TPSA) is 72.7 Å². The maximum Gasteiger partial charge on any atom is 0.311 e. The van der Waals surface area contributed by atoms with Crippen LogP contribution in [0.5, 0.6) is 5.75 Å². The highest BCUT2D eigenvalue weighted by Crippen LogP contribution is 2.28. The molecule has 0 atom stereocenters. The van der Waals surface area contributed by atoms with Crippen LogP contribution in [0.25, 0.3) is 0 Å². The van der Waals surface area contributed by atoms with Crippen molar-refractivity contribution in [1.29, 1.82) is 0 Å². The summed E-state index contributed by atoms with van der Waals surface area (Å²) in [5, 5.41) is 11.6. The fourth-order valence-corrected chi connectivity index (χ4v) is 2.20. The van der Waals surface area contributed by atoms with Gasteiger partial charge in [0.15, 0.2) is 5.75 Å². The smallest absolute Gasteiger partial charge is 0.311 e. The van der Waals surface area contributed by atoms with Crippen LogP contribution in [0.3, 0.4) is 0 Å². The van der Waals surface area contributed by atoms with Gasteiger partial charge in [0.1, 0.15) is 0 Å². The summed E-state index contributed by atoms with van der Waals surface area (Å²) in [6.07, 6.45) is 0.